The molecule has 0 atom stereocenters. The fourth-order valence-electron chi connectivity index (χ4n) is 1.69. The molecule has 0 aliphatic rings. The van der Waals surface area contributed by atoms with Gasteiger partial charge in [0.15, 0.2) is 5.75 Å². The second-order valence-electron chi connectivity index (χ2n) is 4.40. The first-order valence-corrected chi connectivity index (χ1v) is 6.56. The molecule has 0 unspecified atom stereocenters. The molecule has 0 saturated heterocycles. The maximum atomic E-state index is 12.0. The Labute approximate surface area is 120 Å². The van der Waals surface area contributed by atoms with E-state index in [0.29, 0.717) is 13.0 Å². The topological polar surface area (TPSA) is 64.4 Å². The molecule has 8 heteroatoms. The Bertz CT molecular complexity index is 478. The monoisotopic (exact) mass is 306 g/mol. The number of nitrogens with zero attached hydrogens (tertiary/aromatic N) is 1. The summed E-state index contributed by atoms with van der Waals surface area (Å²) in [5.74, 6) is 0.114. The standard InChI is InChI=1S/C13H17F3N2O3/c1-2-9-21-11-6-3-5-10(12(11)18(19)20)17-8-4-7-13(14,15)16/h3,5-6,17H,2,4,7-9H2,1H3. The molecule has 1 rings (SSSR count). The number of rotatable bonds is 8. The average Bonchev–Trinajstić information content (AvgIpc) is 2.40. The van der Waals surface area contributed by atoms with Crippen molar-refractivity contribution in [1.82, 2.24) is 0 Å². The molecule has 1 aromatic carbocycles. The van der Waals surface area contributed by atoms with Gasteiger partial charge < -0.3 is 10.1 Å². The Hall–Kier alpha value is -1.99. The lowest BCUT2D eigenvalue weighted by Gasteiger charge is -2.11. The van der Waals surface area contributed by atoms with Crippen LogP contribution < -0.4 is 10.1 Å². The number of hydrogen-bond donors (Lipinski definition) is 1. The number of benzene rings is 1. The number of anilines is 1. The molecule has 0 saturated carbocycles. The Kier molecular flexibility index (Phi) is 6.26. The van der Waals surface area contributed by atoms with E-state index in [1.165, 1.54) is 12.1 Å². The van der Waals surface area contributed by atoms with E-state index in [4.69, 9.17) is 4.74 Å². The minimum Gasteiger partial charge on any atom is -0.487 e. The number of halogens is 3. The van der Waals surface area contributed by atoms with E-state index in [1.807, 2.05) is 6.92 Å². The zero-order chi connectivity index (χ0) is 15.9. The number of hydrogen-bond acceptors (Lipinski definition) is 4. The van der Waals surface area contributed by atoms with Gasteiger partial charge in [0.2, 0.25) is 0 Å². The van der Waals surface area contributed by atoms with Gasteiger partial charge in [-0.2, -0.15) is 13.2 Å². The van der Waals surface area contributed by atoms with Crippen molar-refractivity contribution in [3.05, 3.63) is 28.3 Å². The molecule has 118 valence electrons. The lowest BCUT2D eigenvalue weighted by molar-refractivity contribution is -0.385. The van der Waals surface area contributed by atoms with E-state index in [2.05, 4.69) is 5.32 Å². The van der Waals surface area contributed by atoms with Gasteiger partial charge in [-0.25, -0.2) is 0 Å². The molecule has 0 radical (unpaired) electrons. The number of nitro groups is 1. The second-order valence-corrected chi connectivity index (χ2v) is 4.40. The summed E-state index contributed by atoms with van der Waals surface area (Å²) in [6, 6.07) is 4.48. The Morgan fingerprint density at radius 3 is 2.67 bits per heavy atom. The summed E-state index contributed by atoms with van der Waals surface area (Å²) >= 11 is 0. The number of para-hydroxylation sites is 1. The molecule has 21 heavy (non-hydrogen) atoms. The molecule has 0 aromatic heterocycles. The van der Waals surface area contributed by atoms with Gasteiger partial charge in [-0.15, -0.1) is 0 Å². The minimum absolute atomic E-state index is 0.00240. The molecule has 0 aliphatic heterocycles. The molecular weight excluding hydrogens is 289 g/mol. The molecule has 1 N–H and O–H groups in total. The van der Waals surface area contributed by atoms with Crippen LogP contribution in [0.4, 0.5) is 24.5 Å². The van der Waals surface area contributed by atoms with Gasteiger partial charge in [-0.1, -0.05) is 13.0 Å². The number of nitrogens with one attached hydrogen (secondary N) is 1. The van der Waals surface area contributed by atoms with Crippen LogP contribution in [0.3, 0.4) is 0 Å². The first kappa shape index (κ1) is 17.1. The van der Waals surface area contributed by atoms with Gasteiger partial charge in [0, 0.05) is 13.0 Å². The van der Waals surface area contributed by atoms with Crippen molar-refractivity contribution in [1.29, 1.82) is 0 Å². The van der Waals surface area contributed by atoms with Gasteiger partial charge in [0.05, 0.1) is 11.5 Å². The summed E-state index contributed by atoms with van der Waals surface area (Å²) in [5.41, 5.74) is -0.0891. The molecule has 0 bridgehead atoms. The van der Waals surface area contributed by atoms with Crippen molar-refractivity contribution in [3.63, 3.8) is 0 Å². The zero-order valence-corrected chi connectivity index (χ0v) is 11.6. The van der Waals surface area contributed by atoms with Crippen LogP contribution in [-0.2, 0) is 0 Å². The lowest BCUT2D eigenvalue weighted by atomic mass is 10.2. The molecule has 5 nitrogen and oxygen atoms in total. The van der Waals surface area contributed by atoms with Crippen LogP contribution in [0.15, 0.2) is 18.2 Å². The smallest absolute Gasteiger partial charge is 0.389 e. The highest BCUT2D eigenvalue weighted by molar-refractivity contribution is 5.68. The van der Waals surface area contributed by atoms with E-state index in [0.717, 1.165) is 0 Å². The zero-order valence-electron chi connectivity index (χ0n) is 11.6. The molecule has 0 spiro atoms. The van der Waals surface area contributed by atoms with Crippen molar-refractivity contribution in [2.24, 2.45) is 0 Å². The van der Waals surface area contributed by atoms with Crippen molar-refractivity contribution in [3.8, 4) is 5.75 Å². The van der Waals surface area contributed by atoms with E-state index in [-0.39, 0.29) is 30.1 Å². The van der Waals surface area contributed by atoms with Crippen LogP contribution in [0, 0.1) is 10.1 Å². The van der Waals surface area contributed by atoms with Crippen LogP contribution in [0.25, 0.3) is 0 Å². The fourth-order valence-corrected chi connectivity index (χ4v) is 1.69. The SMILES string of the molecule is CCCOc1cccc(NCCCC(F)(F)F)c1[N+](=O)[O-]. The van der Waals surface area contributed by atoms with Gasteiger partial charge in [-0.05, 0) is 25.0 Å². The quantitative estimate of drug-likeness (QED) is 0.445. The third-order valence-corrected chi connectivity index (χ3v) is 2.60. The Morgan fingerprint density at radius 2 is 2.10 bits per heavy atom. The largest absolute Gasteiger partial charge is 0.487 e. The summed E-state index contributed by atoms with van der Waals surface area (Å²) in [6.07, 6.45) is -4.61. The Balaban J connectivity index is 2.74. The van der Waals surface area contributed by atoms with Crippen molar-refractivity contribution in [2.75, 3.05) is 18.5 Å². The molecular formula is C13H17F3N2O3. The molecule has 1 aromatic rings. The Morgan fingerprint density at radius 1 is 1.38 bits per heavy atom. The predicted molar refractivity (Wildman–Crippen MR) is 72.7 cm³/mol. The maximum absolute atomic E-state index is 12.0. The normalized spacial score (nSPS) is 11.2. The molecule has 0 fully saturated rings. The van der Waals surface area contributed by atoms with Gasteiger partial charge in [0.1, 0.15) is 5.69 Å². The van der Waals surface area contributed by atoms with Crippen LogP contribution >= 0.6 is 0 Å². The molecule has 0 amide bonds. The summed E-state index contributed by atoms with van der Waals surface area (Å²) in [7, 11) is 0. The first-order valence-electron chi connectivity index (χ1n) is 6.56. The first-order chi connectivity index (χ1) is 9.85. The van der Waals surface area contributed by atoms with Crippen molar-refractivity contribution in [2.45, 2.75) is 32.4 Å². The van der Waals surface area contributed by atoms with E-state index < -0.39 is 17.5 Å². The number of nitro benzene ring substituents is 1. The summed E-state index contributed by atoms with van der Waals surface area (Å²) < 4.78 is 41.4. The third-order valence-electron chi connectivity index (χ3n) is 2.60. The van der Waals surface area contributed by atoms with Gasteiger partial charge >= 0.3 is 11.9 Å². The van der Waals surface area contributed by atoms with Crippen LogP contribution in [0.5, 0.6) is 5.75 Å². The van der Waals surface area contributed by atoms with E-state index in [1.54, 1.807) is 6.07 Å². The van der Waals surface area contributed by atoms with Gasteiger partial charge in [0.25, 0.3) is 0 Å². The maximum Gasteiger partial charge on any atom is 0.389 e. The van der Waals surface area contributed by atoms with Crippen molar-refractivity contribution >= 4 is 11.4 Å². The van der Waals surface area contributed by atoms with Crippen LogP contribution in [0.2, 0.25) is 0 Å². The lowest BCUT2D eigenvalue weighted by Crippen LogP contribution is -2.12. The number of ether oxygens (including phenoxy) is 1. The minimum atomic E-state index is -4.22. The number of alkyl halides is 3. The fraction of sp³-hybridized carbons (Fsp3) is 0.538. The van der Waals surface area contributed by atoms with Gasteiger partial charge in [-0.3, -0.25) is 10.1 Å². The highest BCUT2D eigenvalue weighted by Crippen LogP contribution is 2.35. The third kappa shape index (κ3) is 5.88. The van der Waals surface area contributed by atoms with Crippen LogP contribution in [0.1, 0.15) is 26.2 Å². The summed E-state index contributed by atoms with van der Waals surface area (Å²) in [5, 5.41) is 13.8. The van der Waals surface area contributed by atoms with Crippen LogP contribution in [-0.4, -0.2) is 24.3 Å². The highest BCUT2D eigenvalue weighted by Gasteiger charge is 2.26. The average molecular weight is 306 g/mol. The second kappa shape index (κ2) is 7.70. The predicted octanol–water partition coefficient (Wildman–Crippen LogP) is 4.14. The molecule has 0 heterocycles. The van der Waals surface area contributed by atoms with E-state index >= 15 is 0 Å². The molecule has 0 aliphatic carbocycles. The highest BCUT2D eigenvalue weighted by atomic mass is 19.4. The van der Waals surface area contributed by atoms with E-state index in [9.17, 15) is 23.3 Å². The summed E-state index contributed by atoms with van der Waals surface area (Å²) in [4.78, 5) is 10.5. The summed E-state index contributed by atoms with van der Waals surface area (Å²) in [6.45, 7) is 2.20. The van der Waals surface area contributed by atoms with Crippen molar-refractivity contribution < 1.29 is 22.8 Å².